The Morgan fingerprint density at radius 2 is 2.00 bits per heavy atom. The monoisotopic (exact) mass is 254 g/mol. The number of aromatic nitrogens is 2. The average Bonchev–Trinajstić information content (AvgIpc) is 2.64. The van der Waals surface area contributed by atoms with Gasteiger partial charge < -0.3 is 9.84 Å². The third-order valence-corrected chi connectivity index (χ3v) is 2.81. The molecule has 1 aromatic rings. The Labute approximate surface area is 108 Å². The molecule has 1 heterocycles. The van der Waals surface area contributed by atoms with E-state index in [9.17, 15) is 4.79 Å². The first-order valence-corrected chi connectivity index (χ1v) is 6.25. The molecule has 0 saturated heterocycles. The largest absolute Gasteiger partial charge is 0.481 e. The number of aliphatic carboxylic acids is 1. The molecule has 0 fully saturated rings. The van der Waals surface area contributed by atoms with Gasteiger partial charge in [0.1, 0.15) is 0 Å². The second kappa shape index (κ2) is 5.89. The van der Waals surface area contributed by atoms with Crippen molar-refractivity contribution >= 4 is 5.97 Å². The number of nitrogens with zero attached hydrogens (tertiary/aromatic N) is 2. The molecule has 0 radical (unpaired) electrons. The van der Waals surface area contributed by atoms with Gasteiger partial charge in [0.05, 0.1) is 18.8 Å². The number of hydrogen-bond donors (Lipinski definition) is 1. The Morgan fingerprint density at radius 3 is 2.39 bits per heavy atom. The van der Waals surface area contributed by atoms with Crippen molar-refractivity contribution in [3.8, 4) is 5.88 Å². The Kier molecular flexibility index (Phi) is 4.76. The maximum Gasteiger partial charge on any atom is 0.303 e. The van der Waals surface area contributed by atoms with E-state index in [4.69, 9.17) is 9.84 Å². The minimum Gasteiger partial charge on any atom is -0.481 e. The molecule has 0 spiro atoms. The van der Waals surface area contributed by atoms with E-state index in [0.717, 1.165) is 11.3 Å². The van der Waals surface area contributed by atoms with Gasteiger partial charge in [-0.2, -0.15) is 5.10 Å². The standard InChI is InChI=1S/C13H22N2O3/c1-8(2)12-10(6-7-11(16)17)13(18-5)15(14-12)9(3)4/h8-9H,6-7H2,1-5H3,(H,16,17). The van der Waals surface area contributed by atoms with Crippen molar-refractivity contribution in [1.82, 2.24) is 9.78 Å². The minimum absolute atomic E-state index is 0.0971. The highest BCUT2D eigenvalue weighted by Crippen LogP contribution is 2.31. The molecule has 5 nitrogen and oxygen atoms in total. The molecule has 102 valence electrons. The Hall–Kier alpha value is -1.52. The predicted molar refractivity (Wildman–Crippen MR) is 69.2 cm³/mol. The molecule has 0 aliphatic carbocycles. The van der Waals surface area contributed by atoms with E-state index in [-0.39, 0.29) is 18.4 Å². The van der Waals surface area contributed by atoms with Crippen molar-refractivity contribution in [2.45, 2.75) is 52.5 Å². The first kappa shape index (κ1) is 14.5. The molecule has 1 N–H and O–H groups in total. The van der Waals surface area contributed by atoms with E-state index >= 15 is 0 Å². The number of carbonyl (C=O) groups is 1. The molecule has 0 unspecified atom stereocenters. The van der Waals surface area contributed by atoms with E-state index in [0.29, 0.717) is 12.3 Å². The summed E-state index contributed by atoms with van der Waals surface area (Å²) in [6, 6.07) is 0.191. The average molecular weight is 254 g/mol. The van der Waals surface area contributed by atoms with Gasteiger partial charge in [-0.25, -0.2) is 4.68 Å². The summed E-state index contributed by atoms with van der Waals surface area (Å²) in [6.07, 6.45) is 0.554. The van der Waals surface area contributed by atoms with E-state index in [1.807, 2.05) is 18.5 Å². The lowest BCUT2D eigenvalue weighted by molar-refractivity contribution is -0.136. The van der Waals surface area contributed by atoms with Crippen LogP contribution in [0.3, 0.4) is 0 Å². The topological polar surface area (TPSA) is 64.3 Å². The number of ether oxygens (including phenoxy) is 1. The van der Waals surface area contributed by atoms with Crippen LogP contribution in [0.4, 0.5) is 0 Å². The number of carboxylic acids is 1. The zero-order valence-corrected chi connectivity index (χ0v) is 11.7. The van der Waals surface area contributed by atoms with Crippen molar-refractivity contribution in [2.75, 3.05) is 7.11 Å². The number of hydrogen-bond acceptors (Lipinski definition) is 3. The molecule has 0 amide bonds. The maximum absolute atomic E-state index is 10.7. The highest BCUT2D eigenvalue weighted by atomic mass is 16.5. The van der Waals surface area contributed by atoms with Crippen molar-refractivity contribution in [2.24, 2.45) is 0 Å². The van der Waals surface area contributed by atoms with Crippen LogP contribution >= 0.6 is 0 Å². The molecule has 1 aromatic heterocycles. The van der Waals surface area contributed by atoms with Crippen LogP contribution in [0.15, 0.2) is 0 Å². The van der Waals surface area contributed by atoms with Crippen molar-refractivity contribution in [3.05, 3.63) is 11.3 Å². The fraction of sp³-hybridized carbons (Fsp3) is 0.692. The van der Waals surface area contributed by atoms with E-state index in [1.54, 1.807) is 7.11 Å². The maximum atomic E-state index is 10.7. The first-order chi connectivity index (χ1) is 8.38. The predicted octanol–water partition coefficient (Wildman–Crippen LogP) is 2.61. The second-order valence-electron chi connectivity index (χ2n) is 4.96. The van der Waals surface area contributed by atoms with Gasteiger partial charge in [0, 0.05) is 12.0 Å². The normalized spacial score (nSPS) is 11.3. The summed E-state index contributed by atoms with van der Waals surface area (Å²) in [5, 5.41) is 13.4. The highest BCUT2D eigenvalue weighted by molar-refractivity contribution is 5.67. The van der Waals surface area contributed by atoms with Gasteiger partial charge in [0.25, 0.3) is 0 Å². The third kappa shape index (κ3) is 3.03. The molecule has 0 bridgehead atoms. The minimum atomic E-state index is -0.802. The van der Waals surface area contributed by atoms with Gasteiger partial charge in [-0.3, -0.25) is 4.79 Å². The van der Waals surface area contributed by atoms with Gasteiger partial charge in [-0.05, 0) is 26.2 Å². The van der Waals surface area contributed by atoms with Crippen LogP contribution in [0.1, 0.15) is 57.3 Å². The van der Waals surface area contributed by atoms with Gasteiger partial charge >= 0.3 is 5.97 Å². The lowest BCUT2D eigenvalue weighted by Crippen LogP contribution is -2.06. The Morgan fingerprint density at radius 1 is 1.39 bits per heavy atom. The molecular weight excluding hydrogens is 232 g/mol. The van der Waals surface area contributed by atoms with Crippen molar-refractivity contribution in [1.29, 1.82) is 0 Å². The number of rotatable bonds is 6. The van der Waals surface area contributed by atoms with Crippen molar-refractivity contribution < 1.29 is 14.6 Å². The Balaban J connectivity index is 3.20. The second-order valence-corrected chi connectivity index (χ2v) is 4.96. The van der Waals surface area contributed by atoms with Gasteiger partial charge in [0.2, 0.25) is 5.88 Å². The third-order valence-electron chi connectivity index (χ3n) is 2.81. The summed E-state index contributed by atoms with van der Waals surface area (Å²) in [4.78, 5) is 10.7. The summed E-state index contributed by atoms with van der Waals surface area (Å²) in [5.41, 5.74) is 1.85. The summed E-state index contributed by atoms with van der Waals surface area (Å²) in [7, 11) is 1.60. The van der Waals surface area contributed by atoms with Gasteiger partial charge in [-0.15, -0.1) is 0 Å². The highest BCUT2D eigenvalue weighted by Gasteiger charge is 2.22. The van der Waals surface area contributed by atoms with Crippen LogP contribution in [-0.4, -0.2) is 28.0 Å². The van der Waals surface area contributed by atoms with Gasteiger partial charge in [-0.1, -0.05) is 13.8 Å². The van der Waals surface area contributed by atoms with E-state index in [2.05, 4.69) is 18.9 Å². The lowest BCUT2D eigenvalue weighted by Gasteiger charge is -2.10. The van der Waals surface area contributed by atoms with Crippen LogP contribution in [0, 0.1) is 0 Å². The molecule has 0 aliphatic rings. The van der Waals surface area contributed by atoms with E-state index < -0.39 is 5.97 Å². The zero-order valence-electron chi connectivity index (χ0n) is 11.7. The molecule has 0 aliphatic heterocycles. The number of carboxylic acid groups (broad SMARTS) is 1. The molecule has 1 rings (SSSR count). The number of methoxy groups -OCH3 is 1. The van der Waals surface area contributed by atoms with Gasteiger partial charge in [0.15, 0.2) is 0 Å². The molecule has 0 atom stereocenters. The molecule has 0 aromatic carbocycles. The van der Waals surface area contributed by atoms with Crippen molar-refractivity contribution in [3.63, 3.8) is 0 Å². The smallest absolute Gasteiger partial charge is 0.303 e. The zero-order chi connectivity index (χ0) is 13.9. The molecule has 18 heavy (non-hydrogen) atoms. The lowest BCUT2D eigenvalue weighted by atomic mass is 10.0. The summed E-state index contributed by atoms with van der Waals surface area (Å²) in [6.45, 7) is 8.16. The summed E-state index contributed by atoms with van der Waals surface area (Å²) >= 11 is 0. The first-order valence-electron chi connectivity index (χ1n) is 6.25. The summed E-state index contributed by atoms with van der Waals surface area (Å²) < 4.78 is 7.23. The van der Waals surface area contributed by atoms with E-state index in [1.165, 1.54) is 0 Å². The fourth-order valence-electron chi connectivity index (χ4n) is 1.97. The Bertz CT molecular complexity index is 422. The van der Waals surface area contributed by atoms with Crippen LogP contribution in [-0.2, 0) is 11.2 Å². The molecule has 0 saturated carbocycles. The van der Waals surface area contributed by atoms with Crippen LogP contribution < -0.4 is 4.74 Å². The van der Waals surface area contributed by atoms with Crippen LogP contribution in [0.25, 0.3) is 0 Å². The fourth-order valence-corrected chi connectivity index (χ4v) is 1.97. The van der Waals surface area contributed by atoms with Crippen LogP contribution in [0.2, 0.25) is 0 Å². The SMILES string of the molecule is COc1c(CCC(=O)O)c(C(C)C)nn1C(C)C. The molecule has 5 heteroatoms. The van der Waals surface area contributed by atoms with Crippen LogP contribution in [0.5, 0.6) is 5.88 Å². The quantitative estimate of drug-likeness (QED) is 0.847. The molecular formula is C13H22N2O3. The summed E-state index contributed by atoms with van der Waals surface area (Å²) in [5.74, 6) is 0.140.